The molecule has 1 aliphatic carbocycles. The van der Waals surface area contributed by atoms with Crippen LogP contribution in [0.3, 0.4) is 0 Å². The van der Waals surface area contributed by atoms with Gasteiger partial charge in [0, 0.05) is 23.7 Å². The lowest BCUT2D eigenvalue weighted by Gasteiger charge is -2.13. The summed E-state index contributed by atoms with van der Waals surface area (Å²) in [6, 6.07) is 5.55. The van der Waals surface area contributed by atoms with Gasteiger partial charge in [0.15, 0.2) is 0 Å². The predicted molar refractivity (Wildman–Crippen MR) is 76.0 cm³/mol. The Hall–Kier alpha value is -1.84. The first kappa shape index (κ1) is 13.6. The number of carbonyl (C=O) groups excluding carboxylic acids is 2. The highest BCUT2D eigenvalue weighted by Crippen LogP contribution is 2.38. The summed E-state index contributed by atoms with van der Waals surface area (Å²) in [6.07, 6.45) is 1.41. The zero-order valence-electron chi connectivity index (χ0n) is 11.6. The molecule has 2 atom stereocenters. The van der Waals surface area contributed by atoms with Crippen molar-refractivity contribution >= 4 is 23.2 Å². The fourth-order valence-corrected chi connectivity index (χ4v) is 2.06. The Kier molecular flexibility index (Phi) is 3.88. The Balaban J connectivity index is 2.10. The smallest absolute Gasteiger partial charge is 0.227 e. The summed E-state index contributed by atoms with van der Waals surface area (Å²) >= 11 is 0. The molecular formula is C15H20N2O2. The van der Waals surface area contributed by atoms with Crippen molar-refractivity contribution < 1.29 is 9.59 Å². The van der Waals surface area contributed by atoms with E-state index in [1.807, 2.05) is 32.0 Å². The third-order valence-corrected chi connectivity index (χ3v) is 3.63. The van der Waals surface area contributed by atoms with Crippen LogP contribution in [0.2, 0.25) is 0 Å². The van der Waals surface area contributed by atoms with Gasteiger partial charge >= 0.3 is 0 Å². The van der Waals surface area contributed by atoms with Gasteiger partial charge < -0.3 is 10.6 Å². The maximum atomic E-state index is 11.9. The van der Waals surface area contributed by atoms with Crippen molar-refractivity contribution in [2.45, 2.75) is 33.6 Å². The molecule has 102 valence electrons. The summed E-state index contributed by atoms with van der Waals surface area (Å²) < 4.78 is 0. The molecule has 0 bridgehead atoms. The van der Waals surface area contributed by atoms with Crippen LogP contribution in [0, 0.1) is 18.8 Å². The van der Waals surface area contributed by atoms with Gasteiger partial charge in [-0.3, -0.25) is 9.59 Å². The zero-order chi connectivity index (χ0) is 14.0. The van der Waals surface area contributed by atoms with Crippen molar-refractivity contribution in [2.75, 3.05) is 10.6 Å². The molecule has 0 aliphatic heterocycles. The second kappa shape index (κ2) is 5.43. The van der Waals surface area contributed by atoms with E-state index in [0.29, 0.717) is 12.3 Å². The van der Waals surface area contributed by atoms with Gasteiger partial charge in [-0.25, -0.2) is 0 Å². The van der Waals surface area contributed by atoms with Crippen molar-refractivity contribution in [3.05, 3.63) is 23.8 Å². The maximum Gasteiger partial charge on any atom is 0.227 e. The first-order valence-electron chi connectivity index (χ1n) is 6.73. The first-order valence-corrected chi connectivity index (χ1v) is 6.73. The van der Waals surface area contributed by atoms with Crippen LogP contribution < -0.4 is 10.6 Å². The lowest BCUT2D eigenvalue weighted by molar-refractivity contribution is -0.117. The Morgan fingerprint density at radius 1 is 1.26 bits per heavy atom. The number of carbonyl (C=O) groups is 2. The third kappa shape index (κ3) is 3.13. The van der Waals surface area contributed by atoms with Crippen molar-refractivity contribution in [1.29, 1.82) is 0 Å². The van der Waals surface area contributed by atoms with Gasteiger partial charge in [-0.15, -0.1) is 0 Å². The van der Waals surface area contributed by atoms with Crippen LogP contribution in [0.5, 0.6) is 0 Å². The molecule has 4 nitrogen and oxygen atoms in total. The van der Waals surface area contributed by atoms with E-state index in [0.717, 1.165) is 23.4 Å². The number of amides is 2. The van der Waals surface area contributed by atoms with Crippen LogP contribution in [-0.2, 0) is 9.59 Å². The highest BCUT2D eigenvalue weighted by atomic mass is 16.2. The van der Waals surface area contributed by atoms with E-state index in [1.165, 1.54) is 0 Å². The molecular weight excluding hydrogens is 240 g/mol. The Labute approximate surface area is 113 Å². The van der Waals surface area contributed by atoms with Crippen LogP contribution in [-0.4, -0.2) is 11.8 Å². The number of nitrogens with one attached hydrogen (secondary N) is 2. The fourth-order valence-electron chi connectivity index (χ4n) is 2.06. The molecule has 0 saturated heterocycles. The molecule has 1 aliphatic rings. The molecule has 1 fully saturated rings. The van der Waals surface area contributed by atoms with E-state index in [9.17, 15) is 9.59 Å². The van der Waals surface area contributed by atoms with E-state index in [2.05, 4.69) is 17.6 Å². The second-order valence-electron chi connectivity index (χ2n) is 5.19. The van der Waals surface area contributed by atoms with Gasteiger partial charge in [-0.1, -0.05) is 19.9 Å². The Morgan fingerprint density at radius 3 is 2.37 bits per heavy atom. The molecule has 2 amide bonds. The minimum absolute atomic E-state index is 0.0256. The largest absolute Gasteiger partial charge is 0.326 e. The van der Waals surface area contributed by atoms with E-state index >= 15 is 0 Å². The molecule has 4 heteroatoms. The zero-order valence-corrected chi connectivity index (χ0v) is 11.6. The minimum Gasteiger partial charge on any atom is -0.326 e. The highest BCUT2D eigenvalue weighted by Gasteiger charge is 2.39. The lowest BCUT2D eigenvalue weighted by Crippen LogP contribution is -2.16. The van der Waals surface area contributed by atoms with Crippen LogP contribution in [0.15, 0.2) is 18.2 Å². The molecule has 0 unspecified atom stereocenters. The lowest BCUT2D eigenvalue weighted by atomic mass is 10.1. The highest BCUT2D eigenvalue weighted by molar-refractivity contribution is 5.97. The summed E-state index contributed by atoms with van der Waals surface area (Å²) in [6.45, 7) is 5.79. The molecule has 0 spiro atoms. The average molecular weight is 260 g/mol. The summed E-state index contributed by atoms with van der Waals surface area (Å²) in [7, 11) is 0. The molecule has 0 aromatic heterocycles. The summed E-state index contributed by atoms with van der Waals surface area (Å²) in [5, 5.41) is 5.78. The molecule has 1 aromatic carbocycles. The molecule has 0 heterocycles. The van der Waals surface area contributed by atoms with Gasteiger partial charge in [0.05, 0.1) is 0 Å². The van der Waals surface area contributed by atoms with Gasteiger partial charge in [-0.05, 0) is 37.0 Å². The van der Waals surface area contributed by atoms with Crippen molar-refractivity contribution in [3.63, 3.8) is 0 Å². The van der Waals surface area contributed by atoms with Crippen molar-refractivity contribution in [2.24, 2.45) is 11.8 Å². The molecule has 2 rings (SSSR count). The summed E-state index contributed by atoms with van der Waals surface area (Å²) in [5.41, 5.74) is 2.43. The SMILES string of the molecule is CCC(=O)Nc1cccc(NC(=O)[C@H]2C[C@H]2C)c1C. The molecule has 1 saturated carbocycles. The normalized spacial score (nSPS) is 20.8. The van der Waals surface area contributed by atoms with Crippen LogP contribution >= 0.6 is 0 Å². The predicted octanol–water partition coefficient (Wildman–Crippen LogP) is 2.94. The average Bonchev–Trinajstić information content (AvgIpc) is 3.11. The summed E-state index contributed by atoms with van der Waals surface area (Å²) in [4.78, 5) is 23.4. The van der Waals surface area contributed by atoms with E-state index in [-0.39, 0.29) is 17.7 Å². The van der Waals surface area contributed by atoms with Crippen LogP contribution in [0.4, 0.5) is 11.4 Å². The quantitative estimate of drug-likeness (QED) is 0.874. The van der Waals surface area contributed by atoms with Gasteiger partial charge in [0.2, 0.25) is 11.8 Å². The molecule has 2 N–H and O–H groups in total. The Bertz CT molecular complexity index is 511. The van der Waals surface area contributed by atoms with Crippen LogP contribution in [0.1, 0.15) is 32.3 Å². The number of benzene rings is 1. The third-order valence-electron chi connectivity index (χ3n) is 3.63. The number of rotatable bonds is 4. The molecule has 1 aromatic rings. The number of anilines is 2. The maximum absolute atomic E-state index is 11.9. The monoisotopic (exact) mass is 260 g/mol. The Morgan fingerprint density at radius 2 is 1.84 bits per heavy atom. The molecule has 0 radical (unpaired) electrons. The fraction of sp³-hybridized carbons (Fsp3) is 0.467. The van der Waals surface area contributed by atoms with E-state index in [4.69, 9.17) is 0 Å². The standard InChI is InChI=1S/C15H20N2O2/c1-4-14(18)16-12-6-5-7-13(10(12)3)17-15(19)11-8-9(11)2/h5-7,9,11H,4,8H2,1-3H3,(H,16,18)(H,17,19)/t9-,11+/m1/s1. The second-order valence-corrected chi connectivity index (χ2v) is 5.19. The topological polar surface area (TPSA) is 58.2 Å². The van der Waals surface area contributed by atoms with E-state index < -0.39 is 0 Å². The van der Waals surface area contributed by atoms with Gasteiger partial charge in [0.25, 0.3) is 0 Å². The van der Waals surface area contributed by atoms with Crippen molar-refractivity contribution in [1.82, 2.24) is 0 Å². The molecule has 19 heavy (non-hydrogen) atoms. The van der Waals surface area contributed by atoms with Crippen molar-refractivity contribution in [3.8, 4) is 0 Å². The van der Waals surface area contributed by atoms with E-state index in [1.54, 1.807) is 0 Å². The first-order chi connectivity index (χ1) is 9.02. The summed E-state index contributed by atoms with van der Waals surface area (Å²) in [5.74, 6) is 0.688. The number of hydrogen-bond acceptors (Lipinski definition) is 2. The van der Waals surface area contributed by atoms with Gasteiger partial charge in [0.1, 0.15) is 0 Å². The minimum atomic E-state index is -0.0256. The number of hydrogen-bond donors (Lipinski definition) is 2. The van der Waals surface area contributed by atoms with Crippen LogP contribution in [0.25, 0.3) is 0 Å². The van der Waals surface area contributed by atoms with Gasteiger partial charge in [-0.2, -0.15) is 0 Å².